The molecule has 1 amide bonds. The van der Waals surface area contributed by atoms with E-state index in [9.17, 15) is 9.59 Å². The molecule has 0 unspecified atom stereocenters. The SMILES string of the molecule is COc1ccc(CNC(=O)[C@@H]2CC[C@H](C(=O)O)O2)cc1Br. The van der Waals surface area contributed by atoms with Crippen molar-refractivity contribution in [2.45, 2.75) is 31.6 Å². The molecule has 1 heterocycles. The molecule has 0 bridgehead atoms. The standard InChI is InChI=1S/C14H16BrNO5/c1-20-10-3-2-8(6-9(10)15)7-16-13(17)11-4-5-12(21-11)14(18)19/h2-3,6,11-12H,4-5,7H2,1H3,(H,16,17)(H,18,19)/t11-,12+/m0/s1. The van der Waals surface area contributed by atoms with Gasteiger partial charge in [0.1, 0.15) is 11.9 Å². The van der Waals surface area contributed by atoms with E-state index in [4.69, 9.17) is 14.6 Å². The number of hydrogen-bond donors (Lipinski definition) is 2. The summed E-state index contributed by atoms with van der Waals surface area (Å²) < 4.78 is 11.1. The Morgan fingerprint density at radius 3 is 2.71 bits per heavy atom. The van der Waals surface area contributed by atoms with Crippen molar-refractivity contribution in [3.05, 3.63) is 28.2 Å². The zero-order chi connectivity index (χ0) is 15.4. The highest BCUT2D eigenvalue weighted by atomic mass is 79.9. The van der Waals surface area contributed by atoms with Gasteiger partial charge in [0.05, 0.1) is 11.6 Å². The molecule has 6 nitrogen and oxygen atoms in total. The van der Waals surface area contributed by atoms with Gasteiger partial charge in [0.25, 0.3) is 0 Å². The summed E-state index contributed by atoms with van der Waals surface area (Å²) in [6.07, 6.45) is -0.778. The fourth-order valence-corrected chi connectivity index (χ4v) is 2.72. The van der Waals surface area contributed by atoms with E-state index < -0.39 is 18.2 Å². The van der Waals surface area contributed by atoms with Crippen LogP contribution in [0.3, 0.4) is 0 Å². The summed E-state index contributed by atoms with van der Waals surface area (Å²) in [6, 6.07) is 5.51. The molecule has 7 heteroatoms. The van der Waals surface area contributed by atoms with Crippen molar-refractivity contribution in [3.63, 3.8) is 0 Å². The Morgan fingerprint density at radius 1 is 1.43 bits per heavy atom. The Hall–Kier alpha value is -1.60. The van der Waals surface area contributed by atoms with Crippen molar-refractivity contribution in [3.8, 4) is 5.75 Å². The molecule has 21 heavy (non-hydrogen) atoms. The van der Waals surface area contributed by atoms with Crippen LogP contribution < -0.4 is 10.1 Å². The Bertz CT molecular complexity index is 548. The van der Waals surface area contributed by atoms with Crippen LogP contribution in [-0.4, -0.2) is 36.3 Å². The van der Waals surface area contributed by atoms with Crippen LogP contribution in [0, 0.1) is 0 Å². The van der Waals surface area contributed by atoms with Crippen molar-refractivity contribution in [1.29, 1.82) is 0 Å². The summed E-state index contributed by atoms with van der Waals surface area (Å²) in [4.78, 5) is 22.7. The molecule has 1 aromatic rings. The van der Waals surface area contributed by atoms with Crippen molar-refractivity contribution in [2.75, 3.05) is 7.11 Å². The molecule has 0 aromatic heterocycles. The first-order valence-electron chi connectivity index (χ1n) is 6.49. The van der Waals surface area contributed by atoms with Gasteiger partial charge in [0.15, 0.2) is 6.10 Å². The van der Waals surface area contributed by atoms with E-state index in [0.29, 0.717) is 25.1 Å². The van der Waals surface area contributed by atoms with E-state index in [2.05, 4.69) is 21.2 Å². The van der Waals surface area contributed by atoms with E-state index in [1.807, 2.05) is 12.1 Å². The van der Waals surface area contributed by atoms with Gasteiger partial charge in [0, 0.05) is 6.54 Å². The second kappa shape index (κ2) is 6.91. The first-order valence-corrected chi connectivity index (χ1v) is 7.29. The highest BCUT2D eigenvalue weighted by Gasteiger charge is 2.34. The van der Waals surface area contributed by atoms with Gasteiger partial charge in [-0.2, -0.15) is 0 Å². The van der Waals surface area contributed by atoms with Crippen LogP contribution in [-0.2, 0) is 20.9 Å². The molecule has 0 radical (unpaired) electrons. The lowest BCUT2D eigenvalue weighted by Gasteiger charge is -2.12. The van der Waals surface area contributed by atoms with Crippen LogP contribution >= 0.6 is 15.9 Å². The number of nitrogens with one attached hydrogen (secondary N) is 1. The zero-order valence-corrected chi connectivity index (χ0v) is 13.1. The molecule has 114 valence electrons. The predicted octanol–water partition coefficient (Wildman–Crippen LogP) is 1.71. The summed E-state index contributed by atoms with van der Waals surface area (Å²) in [7, 11) is 1.58. The molecular formula is C14H16BrNO5. The van der Waals surface area contributed by atoms with Crippen LogP contribution in [0.25, 0.3) is 0 Å². The van der Waals surface area contributed by atoms with Gasteiger partial charge in [0.2, 0.25) is 5.91 Å². The van der Waals surface area contributed by atoms with Gasteiger partial charge >= 0.3 is 5.97 Å². The van der Waals surface area contributed by atoms with E-state index in [1.54, 1.807) is 13.2 Å². The average molecular weight is 358 g/mol. The summed E-state index contributed by atoms with van der Waals surface area (Å²) >= 11 is 3.38. The van der Waals surface area contributed by atoms with Crippen molar-refractivity contribution >= 4 is 27.8 Å². The molecule has 0 saturated carbocycles. The number of aliphatic carboxylic acids is 1. The van der Waals surface area contributed by atoms with Crippen LogP contribution in [0.5, 0.6) is 5.75 Å². The largest absolute Gasteiger partial charge is 0.496 e. The first kappa shape index (κ1) is 15.8. The minimum absolute atomic E-state index is 0.286. The summed E-state index contributed by atoms with van der Waals surface area (Å²) in [5, 5.41) is 11.6. The molecule has 0 aliphatic carbocycles. The van der Waals surface area contributed by atoms with Crippen LogP contribution in [0.2, 0.25) is 0 Å². The van der Waals surface area contributed by atoms with E-state index in [-0.39, 0.29) is 5.91 Å². The van der Waals surface area contributed by atoms with Gasteiger partial charge in [-0.15, -0.1) is 0 Å². The number of carboxylic acid groups (broad SMARTS) is 1. The second-order valence-electron chi connectivity index (χ2n) is 4.72. The maximum atomic E-state index is 11.9. The van der Waals surface area contributed by atoms with E-state index in [1.165, 1.54) is 0 Å². The van der Waals surface area contributed by atoms with Gasteiger partial charge in [-0.05, 0) is 46.5 Å². The third-order valence-electron chi connectivity index (χ3n) is 3.27. The number of hydrogen-bond acceptors (Lipinski definition) is 4. The molecular weight excluding hydrogens is 342 g/mol. The minimum Gasteiger partial charge on any atom is -0.496 e. The number of carbonyl (C=O) groups is 2. The Morgan fingerprint density at radius 2 is 2.14 bits per heavy atom. The molecule has 2 atom stereocenters. The normalized spacial score (nSPS) is 21.0. The number of amides is 1. The van der Waals surface area contributed by atoms with Crippen molar-refractivity contribution < 1.29 is 24.2 Å². The third kappa shape index (κ3) is 3.95. The quantitative estimate of drug-likeness (QED) is 0.837. The number of carboxylic acids is 1. The lowest BCUT2D eigenvalue weighted by atomic mass is 10.1. The zero-order valence-electron chi connectivity index (χ0n) is 11.5. The molecule has 0 spiro atoms. The molecule has 2 rings (SSSR count). The van der Waals surface area contributed by atoms with E-state index >= 15 is 0 Å². The first-order chi connectivity index (χ1) is 10.0. The van der Waals surface area contributed by atoms with Gasteiger partial charge in [-0.1, -0.05) is 6.07 Å². The predicted molar refractivity (Wildman–Crippen MR) is 78.1 cm³/mol. The van der Waals surface area contributed by atoms with Gasteiger partial charge in [-0.3, -0.25) is 4.79 Å². The lowest BCUT2D eigenvalue weighted by Crippen LogP contribution is -2.35. The van der Waals surface area contributed by atoms with Crippen LogP contribution in [0.15, 0.2) is 22.7 Å². The number of carbonyl (C=O) groups excluding carboxylic acids is 1. The Kier molecular flexibility index (Phi) is 5.19. The third-order valence-corrected chi connectivity index (χ3v) is 3.89. The number of methoxy groups -OCH3 is 1. The van der Waals surface area contributed by atoms with Crippen LogP contribution in [0.1, 0.15) is 18.4 Å². The maximum Gasteiger partial charge on any atom is 0.332 e. The smallest absolute Gasteiger partial charge is 0.332 e. The average Bonchev–Trinajstić information content (AvgIpc) is 2.95. The van der Waals surface area contributed by atoms with Crippen molar-refractivity contribution in [1.82, 2.24) is 5.32 Å². The molecule has 1 aliphatic rings. The molecule has 1 aliphatic heterocycles. The number of halogens is 1. The minimum atomic E-state index is -1.02. The fourth-order valence-electron chi connectivity index (χ4n) is 2.13. The second-order valence-corrected chi connectivity index (χ2v) is 5.57. The molecule has 1 aromatic carbocycles. The van der Waals surface area contributed by atoms with E-state index in [0.717, 1.165) is 10.0 Å². The Labute approximate surface area is 130 Å². The monoisotopic (exact) mass is 357 g/mol. The molecule has 2 N–H and O–H groups in total. The highest BCUT2D eigenvalue weighted by molar-refractivity contribution is 9.10. The number of benzene rings is 1. The number of ether oxygens (including phenoxy) is 2. The van der Waals surface area contributed by atoms with Gasteiger partial charge < -0.3 is 19.9 Å². The Balaban J connectivity index is 1.87. The molecule has 1 saturated heterocycles. The summed E-state index contributed by atoms with van der Waals surface area (Å²) in [6.45, 7) is 0.346. The fraction of sp³-hybridized carbons (Fsp3) is 0.429. The van der Waals surface area contributed by atoms with Gasteiger partial charge in [-0.25, -0.2) is 4.79 Å². The van der Waals surface area contributed by atoms with Crippen LogP contribution in [0.4, 0.5) is 0 Å². The lowest BCUT2D eigenvalue weighted by molar-refractivity contribution is -0.151. The maximum absolute atomic E-state index is 11.9. The summed E-state index contributed by atoms with van der Waals surface area (Å²) in [5.74, 6) is -0.594. The molecule has 1 fully saturated rings. The highest BCUT2D eigenvalue weighted by Crippen LogP contribution is 2.25. The van der Waals surface area contributed by atoms with Crippen molar-refractivity contribution in [2.24, 2.45) is 0 Å². The summed E-state index contributed by atoms with van der Waals surface area (Å²) in [5.41, 5.74) is 0.906. The topological polar surface area (TPSA) is 84.9 Å². The number of rotatable bonds is 5.